The lowest BCUT2D eigenvalue weighted by atomic mass is 9.86. The lowest BCUT2D eigenvalue weighted by Gasteiger charge is -2.34. The van der Waals surface area contributed by atoms with Gasteiger partial charge in [0.25, 0.3) is 0 Å². The molecule has 0 radical (unpaired) electrons. The molecule has 0 aliphatic rings. The molecule has 0 atom stereocenters. The first-order valence-electron chi connectivity index (χ1n) is 16.6. The average molecular weight is 611 g/mol. The molecule has 0 fully saturated rings. The van der Waals surface area contributed by atoms with Crippen LogP contribution in [0.5, 0.6) is 0 Å². The molecule has 0 saturated heterocycles. The maximum atomic E-state index is 6.07. The van der Waals surface area contributed by atoms with Gasteiger partial charge >= 0.3 is 0 Å². The first-order valence-corrected chi connectivity index (χ1v) is 16.6. The van der Waals surface area contributed by atoms with Gasteiger partial charge in [0.1, 0.15) is 0 Å². The Labute approximate surface area is 276 Å². The van der Waals surface area contributed by atoms with Gasteiger partial charge in [-0.05, 0) is 131 Å². The van der Waals surface area contributed by atoms with Gasteiger partial charge in [0.15, 0.2) is 0 Å². The highest BCUT2D eigenvalue weighted by Crippen LogP contribution is 2.47. The highest BCUT2D eigenvalue weighted by atomic mass is 15.2. The van der Waals surface area contributed by atoms with E-state index in [1.165, 1.54) is 33.6 Å². The minimum Gasteiger partial charge on any atom is -0.399 e. The van der Waals surface area contributed by atoms with E-state index in [0.717, 1.165) is 34.1 Å². The smallest absolute Gasteiger partial charge is 0.0499 e. The van der Waals surface area contributed by atoms with Gasteiger partial charge in [0.2, 0.25) is 0 Å². The zero-order valence-corrected chi connectivity index (χ0v) is 28.8. The number of nitrogen functional groups attached to an aromatic ring is 2. The number of nitrogens with two attached hydrogens (primary N) is 2. The summed E-state index contributed by atoms with van der Waals surface area (Å²) in [4.78, 5) is 4.74. The van der Waals surface area contributed by atoms with E-state index in [0.29, 0.717) is 23.7 Å². The van der Waals surface area contributed by atoms with Crippen LogP contribution in [0.3, 0.4) is 0 Å². The molecule has 5 aromatic carbocycles. The van der Waals surface area contributed by atoms with Crippen molar-refractivity contribution in [3.63, 3.8) is 0 Å². The van der Waals surface area contributed by atoms with E-state index in [4.69, 9.17) is 11.5 Å². The zero-order chi connectivity index (χ0) is 33.1. The van der Waals surface area contributed by atoms with Gasteiger partial charge in [-0.15, -0.1) is 0 Å². The van der Waals surface area contributed by atoms with Crippen LogP contribution in [0.25, 0.3) is 0 Å². The molecule has 4 heteroatoms. The van der Waals surface area contributed by atoms with Crippen molar-refractivity contribution < 1.29 is 0 Å². The number of rotatable bonds is 10. The van der Waals surface area contributed by atoms with E-state index in [1.807, 2.05) is 24.3 Å². The summed E-state index contributed by atoms with van der Waals surface area (Å²) in [6.45, 7) is 18.5. The van der Waals surface area contributed by atoms with Crippen LogP contribution in [0.4, 0.5) is 45.5 Å². The Hall–Kier alpha value is -4.70. The Bertz CT molecular complexity index is 1640. The second kappa shape index (κ2) is 13.7. The minimum atomic E-state index is 0.359. The summed E-state index contributed by atoms with van der Waals surface area (Å²) >= 11 is 0. The van der Waals surface area contributed by atoms with Crippen LogP contribution >= 0.6 is 0 Å². The van der Waals surface area contributed by atoms with Gasteiger partial charge < -0.3 is 21.3 Å². The molecule has 0 heterocycles. The summed E-state index contributed by atoms with van der Waals surface area (Å²) < 4.78 is 0. The van der Waals surface area contributed by atoms with E-state index < -0.39 is 0 Å². The van der Waals surface area contributed by atoms with Gasteiger partial charge in [-0.25, -0.2) is 0 Å². The van der Waals surface area contributed by atoms with Gasteiger partial charge in [-0.2, -0.15) is 0 Å². The summed E-state index contributed by atoms with van der Waals surface area (Å²) in [5.74, 6) is 1.55. The lowest BCUT2D eigenvalue weighted by molar-refractivity contribution is 0.782. The molecule has 0 aromatic heterocycles. The third-order valence-electron chi connectivity index (χ3n) is 8.78. The van der Waals surface area contributed by atoms with Gasteiger partial charge in [0, 0.05) is 45.5 Å². The molecule has 0 amide bonds. The topological polar surface area (TPSA) is 58.5 Å². The van der Waals surface area contributed by atoms with Crippen molar-refractivity contribution in [2.24, 2.45) is 0 Å². The Balaban J connectivity index is 1.74. The standard InChI is InChI=1S/C42H50N4/c1-27(2)37-11-9-13-39(41(37)29(5)6)46(40-14-10-12-38(28(3)4)42(40)30(7)8)36-25-23-35(24-26-36)45(33-19-15-31(43)16-20-33)34-21-17-32(44)18-22-34/h9-30H,43-44H2,1-8H3. The Morgan fingerprint density at radius 1 is 0.370 bits per heavy atom. The minimum absolute atomic E-state index is 0.359. The van der Waals surface area contributed by atoms with Crippen LogP contribution < -0.4 is 21.3 Å². The fraction of sp³-hybridized carbons (Fsp3) is 0.286. The largest absolute Gasteiger partial charge is 0.399 e. The summed E-state index contributed by atoms with van der Waals surface area (Å²) in [6, 6.07) is 38.6. The van der Waals surface area contributed by atoms with Gasteiger partial charge in [0.05, 0.1) is 0 Å². The van der Waals surface area contributed by atoms with Crippen molar-refractivity contribution in [1.82, 2.24) is 0 Å². The van der Waals surface area contributed by atoms with Crippen molar-refractivity contribution in [3.8, 4) is 0 Å². The van der Waals surface area contributed by atoms with E-state index in [1.54, 1.807) is 0 Å². The Morgan fingerprint density at radius 3 is 0.978 bits per heavy atom. The second-order valence-corrected chi connectivity index (χ2v) is 13.5. The fourth-order valence-corrected chi connectivity index (χ4v) is 6.65. The summed E-state index contributed by atoms with van der Waals surface area (Å²) in [5.41, 5.74) is 25.9. The average Bonchev–Trinajstić information content (AvgIpc) is 3.03. The van der Waals surface area contributed by atoms with Crippen LogP contribution in [-0.4, -0.2) is 0 Å². The number of hydrogen-bond acceptors (Lipinski definition) is 4. The van der Waals surface area contributed by atoms with Gasteiger partial charge in [-0.1, -0.05) is 79.7 Å². The van der Waals surface area contributed by atoms with E-state index >= 15 is 0 Å². The normalized spacial score (nSPS) is 11.6. The van der Waals surface area contributed by atoms with Crippen LogP contribution in [-0.2, 0) is 0 Å². The predicted molar refractivity (Wildman–Crippen MR) is 201 cm³/mol. The van der Waals surface area contributed by atoms with Crippen LogP contribution in [0.2, 0.25) is 0 Å². The maximum Gasteiger partial charge on any atom is 0.0499 e. The molecule has 0 aliphatic carbocycles. The summed E-state index contributed by atoms with van der Waals surface area (Å²) in [7, 11) is 0. The molecule has 0 saturated carbocycles. The monoisotopic (exact) mass is 610 g/mol. The molecule has 5 aromatic rings. The summed E-state index contributed by atoms with van der Waals surface area (Å²) in [6.07, 6.45) is 0. The number of hydrogen-bond donors (Lipinski definition) is 2. The Morgan fingerprint density at radius 2 is 0.674 bits per heavy atom. The van der Waals surface area contributed by atoms with E-state index in [2.05, 4.69) is 150 Å². The van der Waals surface area contributed by atoms with Crippen LogP contribution in [0, 0.1) is 0 Å². The van der Waals surface area contributed by atoms with E-state index in [-0.39, 0.29) is 0 Å². The molecule has 46 heavy (non-hydrogen) atoms. The first kappa shape index (κ1) is 32.7. The van der Waals surface area contributed by atoms with Crippen LogP contribution in [0.1, 0.15) is 101 Å². The van der Waals surface area contributed by atoms with Crippen LogP contribution in [0.15, 0.2) is 109 Å². The molecule has 5 rings (SSSR count). The maximum absolute atomic E-state index is 6.07. The third-order valence-corrected chi connectivity index (χ3v) is 8.78. The van der Waals surface area contributed by atoms with Gasteiger partial charge in [-0.3, -0.25) is 0 Å². The molecular formula is C42H50N4. The molecule has 0 unspecified atom stereocenters. The second-order valence-electron chi connectivity index (χ2n) is 13.5. The highest BCUT2D eigenvalue weighted by Gasteiger charge is 2.26. The first-order chi connectivity index (χ1) is 22.0. The summed E-state index contributed by atoms with van der Waals surface area (Å²) in [5, 5.41) is 0. The highest BCUT2D eigenvalue weighted by molar-refractivity contribution is 5.84. The number of benzene rings is 5. The molecule has 0 bridgehead atoms. The van der Waals surface area contributed by atoms with Crippen molar-refractivity contribution in [2.75, 3.05) is 21.3 Å². The van der Waals surface area contributed by atoms with Crippen molar-refractivity contribution in [3.05, 3.63) is 131 Å². The van der Waals surface area contributed by atoms with Crippen molar-refractivity contribution in [2.45, 2.75) is 79.1 Å². The number of nitrogens with zero attached hydrogens (tertiary/aromatic N) is 2. The quantitative estimate of drug-likeness (QED) is 0.154. The lowest BCUT2D eigenvalue weighted by Crippen LogP contribution is -2.18. The molecular weight excluding hydrogens is 560 g/mol. The molecule has 238 valence electrons. The zero-order valence-electron chi connectivity index (χ0n) is 28.8. The van der Waals surface area contributed by atoms with E-state index in [9.17, 15) is 0 Å². The molecule has 0 spiro atoms. The molecule has 4 nitrogen and oxygen atoms in total. The SMILES string of the molecule is CC(C)c1cccc(N(c2ccc(N(c3ccc(N)cc3)c3ccc(N)cc3)cc2)c2cccc(C(C)C)c2C(C)C)c1C(C)C. The predicted octanol–water partition coefficient (Wildman–Crippen LogP) is 12.3. The fourth-order valence-electron chi connectivity index (χ4n) is 6.65. The third kappa shape index (κ3) is 6.62. The molecule has 0 aliphatic heterocycles. The number of anilines is 8. The van der Waals surface area contributed by atoms with Crippen molar-refractivity contribution in [1.29, 1.82) is 0 Å². The Kier molecular flexibility index (Phi) is 9.76. The molecule has 4 N–H and O–H groups in total. The van der Waals surface area contributed by atoms with Crippen molar-refractivity contribution >= 4 is 45.5 Å².